The highest BCUT2D eigenvalue weighted by atomic mass is 15.0. The molecule has 0 fully saturated rings. The molecule has 0 amide bonds. The van der Waals surface area contributed by atoms with Crippen LogP contribution < -0.4 is 6.15 Å². The van der Waals surface area contributed by atoms with E-state index in [4.69, 9.17) is 0 Å². The molecule has 0 saturated heterocycles. The molecule has 0 aliphatic heterocycles. The average Bonchev–Trinajstić information content (AvgIpc) is 2.46. The fourth-order valence-electron chi connectivity index (χ4n) is 2.68. The summed E-state index contributed by atoms with van der Waals surface area (Å²) < 4.78 is 0. The van der Waals surface area contributed by atoms with Crippen LogP contribution in [0.2, 0.25) is 0 Å². The van der Waals surface area contributed by atoms with Crippen molar-refractivity contribution in [3.63, 3.8) is 0 Å². The Hall–Kier alpha value is -0.340. The molecule has 0 aliphatic carbocycles. The van der Waals surface area contributed by atoms with Crippen LogP contribution in [-0.4, -0.2) is 25.5 Å². The van der Waals surface area contributed by atoms with Crippen molar-refractivity contribution >= 4 is 0 Å². The summed E-state index contributed by atoms with van der Waals surface area (Å²) in [7, 11) is 4.33. The van der Waals surface area contributed by atoms with Crippen molar-refractivity contribution in [2.75, 3.05) is 20.6 Å². The van der Waals surface area contributed by atoms with E-state index in [1.165, 1.54) is 96.4 Å². The number of rotatable bonds is 16. The lowest BCUT2D eigenvalue weighted by Gasteiger charge is -2.08. The molecule has 0 aliphatic rings. The van der Waals surface area contributed by atoms with Crippen molar-refractivity contribution < 1.29 is 0 Å². The third-order valence-electron chi connectivity index (χ3n) is 4.12. The van der Waals surface area contributed by atoms with Gasteiger partial charge < -0.3 is 11.1 Å². The molecule has 3 N–H and O–H groups in total. The van der Waals surface area contributed by atoms with Crippen LogP contribution in [0.1, 0.15) is 96.8 Å². The van der Waals surface area contributed by atoms with Gasteiger partial charge in [-0.25, -0.2) is 0 Å². The van der Waals surface area contributed by atoms with Crippen molar-refractivity contribution in [3.8, 4) is 0 Å². The van der Waals surface area contributed by atoms with Crippen LogP contribution in [0.15, 0.2) is 12.2 Å². The van der Waals surface area contributed by atoms with Crippen LogP contribution in [-0.2, 0) is 0 Å². The lowest BCUT2D eigenvalue weighted by atomic mass is 10.1. The molecule has 0 aromatic heterocycles. The van der Waals surface area contributed by atoms with Gasteiger partial charge in [0.05, 0.1) is 0 Å². The molecule has 0 radical (unpaired) electrons. The Morgan fingerprint density at radius 2 is 1.00 bits per heavy atom. The molecule has 0 spiro atoms. The van der Waals surface area contributed by atoms with Gasteiger partial charge in [0.1, 0.15) is 0 Å². The van der Waals surface area contributed by atoms with Crippen LogP contribution in [0.25, 0.3) is 0 Å². The van der Waals surface area contributed by atoms with E-state index in [1.807, 2.05) is 0 Å². The van der Waals surface area contributed by atoms with E-state index in [2.05, 4.69) is 38.1 Å². The Bertz CT molecular complexity index is 212. The normalized spacial score (nSPS) is 11.3. The van der Waals surface area contributed by atoms with Crippen LogP contribution >= 0.6 is 0 Å². The van der Waals surface area contributed by atoms with Crippen LogP contribution in [0.5, 0.6) is 0 Å². The van der Waals surface area contributed by atoms with Crippen LogP contribution in [0.3, 0.4) is 0 Å². The number of unbranched alkanes of at least 4 members (excludes halogenated alkanes) is 12. The second-order valence-corrected chi connectivity index (χ2v) is 6.74. The fourth-order valence-corrected chi connectivity index (χ4v) is 2.68. The monoisotopic (exact) mass is 312 g/mol. The van der Waals surface area contributed by atoms with Crippen molar-refractivity contribution in [3.05, 3.63) is 12.2 Å². The van der Waals surface area contributed by atoms with Crippen LogP contribution in [0, 0.1) is 0 Å². The Morgan fingerprint density at radius 3 is 1.45 bits per heavy atom. The predicted molar refractivity (Wildman–Crippen MR) is 103 cm³/mol. The summed E-state index contributed by atoms with van der Waals surface area (Å²) in [6, 6.07) is 0. The van der Waals surface area contributed by atoms with E-state index in [9.17, 15) is 0 Å². The van der Waals surface area contributed by atoms with E-state index in [0.717, 1.165) is 0 Å². The summed E-state index contributed by atoms with van der Waals surface area (Å²) in [6.45, 7) is 3.54. The quantitative estimate of drug-likeness (QED) is 0.253. The predicted octanol–water partition coefficient (Wildman–Crippen LogP) is 6.75. The van der Waals surface area contributed by atoms with Gasteiger partial charge in [0, 0.05) is 0 Å². The molecule has 0 saturated carbocycles. The standard InChI is InChI=1S/C20H41N.H3N/c1-4-5-6-7-8-9-10-11-12-13-14-15-16-17-18-19-20-21(2)3;/h11-12H,4-10,13-20H2,1-3H3;1H3/b12-11-;. The SMILES string of the molecule is CCCCCCCC/C=C\CCCCCCCCN(C)C.N. The fraction of sp³-hybridized carbons (Fsp3) is 0.900. The Kier molecular flexibility index (Phi) is 22.5. The summed E-state index contributed by atoms with van der Waals surface area (Å²) in [5.41, 5.74) is 0. The zero-order chi connectivity index (χ0) is 15.6. The number of nitrogens with zero attached hydrogens (tertiary/aromatic N) is 1. The van der Waals surface area contributed by atoms with Crippen LogP contribution in [0.4, 0.5) is 0 Å². The zero-order valence-electron chi connectivity index (χ0n) is 15.9. The highest BCUT2D eigenvalue weighted by Gasteiger charge is 1.92. The first-order valence-electron chi connectivity index (χ1n) is 9.57. The maximum Gasteiger partial charge on any atom is -0.00248 e. The minimum absolute atomic E-state index is 0. The first-order chi connectivity index (χ1) is 10.3. The van der Waals surface area contributed by atoms with Gasteiger partial charge in [-0.1, -0.05) is 76.9 Å². The lowest BCUT2D eigenvalue weighted by molar-refractivity contribution is 0.389. The molecule has 0 atom stereocenters. The molecule has 2 heteroatoms. The van der Waals surface area contributed by atoms with E-state index in [0.29, 0.717) is 0 Å². The van der Waals surface area contributed by atoms with Crippen molar-refractivity contribution in [2.24, 2.45) is 0 Å². The van der Waals surface area contributed by atoms with Gasteiger partial charge in [-0.15, -0.1) is 0 Å². The van der Waals surface area contributed by atoms with Gasteiger partial charge >= 0.3 is 0 Å². The van der Waals surface area contributed by atoms with E-state index < -0.39 is 0 Å². The van der Waals surface area contributed by atoms with Gasteiger partial charge in [0.25, 0.3) is 0 Å². The highest BCUT2D eigenvalue weighted by molar-refractivity contribution is 4.81. The van der Waals surface area contributed by atoms with Gasteiger partial charge in [-0.3, -0.25) is 0 Å². The van der Waals surface area contributed by atoms with E-state index in [1.54, 1.807) is 0 Å². The molecule has 0 rings (SSSR count). The molecule has 134 valence electrons. The molecule has 2 nitrogen and oxygen atoms in total. The maximum absolute atomic E-state index is 2.41. The van der Waals surface area contributed by atoms with Gasteiger partial charge in [-0.2, -0.15) is 0 Å². The van der Waals surface area contributed by atoms with E-state index in [-0.39, 0.29) is 6.15 Å². The molecule has 0 heterocycles. The second-order valence-electron chi connectivity index (χ2n) is 6.74. The Balaban J connectivity index is 0. The Labute approximate surface area is 141 Å². The minimum atomic E-state index is 0. The van der Waals surface area contributed by atoms with Gasteiger partial charge in [0.2, 0.25) is 0 Å². The largest absolute Gasteiger partial charge is 0.344 e. The van der Waals surface area contributed by atoms with E-state index >= 15 is 0 Å². The number of allylic oxidation sites excluding steroid dienone is 2. The molecule has 0 bridgehead atoms. The Morgan fingerprint density at radius 1 is 0.591 bits per heavy atom. The van der Waals surface area contributed by atoms with Crippen molar-refractivity contribution in [1.29, 1.82) is 0 Å². The van der Waals surface area contributed by atoms with Crippen molar-refractivity contribution in [1.82, 2.24) is 11.1 Å². The van der Waals surface area contributed by atoms with Gasteiger partial charge in [0.15, 0.2) is 0 Å². The van der Waals surface area contributed by atoms with Crippen molar-refractivity contribution in [2.45, 2.75) is 96.8 Å². The molecular formula is C20H44N2. The smallest absolute Gasteiger partial charge is 0.00248 e. The maximum atomic E-state index is 2.41. The summed E-state index contributed by atoms with van der Waals surface area (Å²) >= 11 is 0. The topological polar surface area (TPSA) is 38.2 Å². The summed E-state index contributed by atoms with van der Waals surface area (Å²) in [4.78, 5) is 2.29. The molecule has 0 aromatic carbocycles. The van der Waals surface area contributed by atoms with Gasteiger partial charge in [-0.05, 0) is 52.7 Å². The zero-order valence-corrected chi connectivity index (χ0v) is 15.9. The lowest BCUT2D eigenvalue weighted by Crippen LogP contribution is -2.12. The molecular weight excluding hydrogens is 268 g/mol. The third kappa shape index (κ3) is 21.9. The summed E-state index contributed by atoms with van der Waals surface area (Å²) in [5.74, 6) is 0. The first-order valence-corrected chi connectivity index (χ1v) is 9.57. The summed E-state index contributed by atoms with van der Waals surface area (Å²) in [6.07, 6.45) is 24.3. The summed E-state index contributed by atoms with van der Waals surface area (Å²) in [5, 5.41) is 0. The molecule has 22 heavy (non-hydrogen) atoms. The molecule has 0 aromatic rings. The number of hydrogen-bond donors (Lipinski definition) is 1. The average molecular weight is 313 g/mol. The number of hydrogen-bond acceptors (Lipinski definition) is 2. The first kappa shape index (κ1) is 23.9. The third-order valence-corrected chi connectivity index (χ3v) is 4.12. The second kappa shape index (κ2) is 20.7. The highest BCUT2D eigenvalue weighted by Crippen LogP contribution is 2.09. The minimum Gasteiger partial charge on any atom is -0.344 e. The molecule has 0 unspecified atom stereocenters.